The van der Waals surface area contributed by atoms with Gasteiger partial charge in [-0.15, -0.1) is 0 Å². The number of hydrogen-bond acceptors (Lipinski definition) is 7. The number of carbonyl (C=O) groups is 5. The summed E-state index contributed by atoms with van der Waals surface area (Å²) in [5.41, 5.74) is 11.4. The molecule has 0 saturated carbocycles. The molecule has 12 heteroatoms. The number of unbranched alkanes of at least 4 members (excludes halogenated alkanes) is 1. The first-order valence-corrected chi connectivity index (χ1v) is 11.3. The number of nitrogens with zero attached hydrogens (tertiary/aromatic N) is 1. The van der Waals surface area contributed by atoms with Crippen LogP contribution in [0.15, 0.2) is 0 Å². The quantitative estimate of drug-likeness (QED) is 0.172. The van der Waals surface area contributed by atoms with Crippen molar-refractivity contribution in [2.75, 3.05) is 13.1 Å². The van der Waals surface area contributed by atoms with Crippen molar-refractivity contribution in [3.63, 3.8) is 0 Å². The lowest BCUT2D eigenvalue weighted by Crippen LogP contribution is -2.57. The highest BCUT2D eigenvalue weighted by molar-refractivity contribution is 5.94. The van der Waals surface area contributed by atoms with Crippen LogP contribution in [-0.2, 0) is 24.0 Å². The number of carboxylic acid groups (broad SMARTS) is 2. The third-order valence-electron chi connectivity index (χ3n) is 5.68. The minimum Gasteiger partial charge on any atom is -0.481 e. The van der Waals surface area contributed by atoms with E-state index in [2.05, 4.69) is 10.6 Å². The summed E-state index contributed by atoms with van der Waals surface area (Å²) in [4.78, 5) is 62.1. The molecule has 0 aromatic rings. The van der Waals surface area contributed by atoms with Gasteiger partial charge >= 0.3 is 11.9 Å². The van der Waals surface area contributed by atoms with E-state index in [1.54, 1.807) is 13.8 Å². The van der Waals surface area contributed by atoms with Crippen LogP contribution in [0.3, 0.4) is 0 Å². The third-order valence-corrected chi connectivity index (χ3v) is 5.68. The standard InChI is InChI=1S/C21H37N5O7/c1-12(2)17(23)19(30)24-13(6-3-4-10-22)20(31)26-11-5-7-15(26)18(29)25-14(21(32)33)8-9-16(27)28/h12-15,17H,3-11,22-23H2,1-2H3,(H,24,30)(H,25,29)(H,27,28)(H,32,33). The van der Waals surface area contributed by atoms with E-state index in [0.29, 0.717) is 38.6 Å². The smallest absolute Gasteiger partial charge is 0.326 e. The first-order chi connectivity index (χ1) is 15.5. The zero-order chi connectivity index (χ0) is 25.1. The highest BCUT2D eigenvalue weighted by atomic mass is 16.4. The normalized spacial score (nSPS) is 18.5. The highest BCUT2D eigenvalue weighted by Crippen LogP contribution is 2.20. The molecule has 1 saturated heterocycles. The van der Waals surface area contributed by atoms with E-state index < -0.39 is 60.2 Å². The van der Waals surface area contributed by atoms with Crippen molar-refractivity contribution in [3.8, 4) is 0 Å². The molecule has 0 aliphatic carbocycles. The number of carboxylic acids is 2. The highest BCUT2D eigenvalue weighted by Gasteiger charge is 2.39. The molecule has 8 N–H and O–H groups in total. The summed E-state index contributed by atoms with van der Waals surface area (Å²) in [6.07, 6.45) is 1.74. The molecule has 3 amide bonds. The van der Waals surface area contributed by atoms with E-state index in [0.717, 1.165) is 0 Å². The van der Waals surface area contributed by atoms with Gasteiger partial charge in [0.25, 0.3) is 0 Å². The van der Waals surface area contributed by atoms with Crippen LogP contribution >= 0.6 is 0 Å². The summed E-state index contributed by atoms with van der Waals surface area (Å²) < 4.78 is 0. The first kappa shape index (κ1) is 28.3. The summed E-state index contributed by atoms with van der Waals surface area (Å²) in [5.74, 6) is -4.22. The Labute approximate surface area is 193 Å². The van der Waals surface area contributed by atoms with Crippen LogP contribution in [-0.4, -0.2) is 82.0 Å². The average molecular weight is 472 g/mol. The van der Waals surface area contributed by atoms with Gasteiger partial charge in [-0.1, -0.05) is 13.8 Å². The van der Waals surface area contributed by atoms with Gasteiger partial charge in [-0.05, 0) is 51.0 Å². The van der Waals surface area contributed by atoms with Gasteiger partial charge in [-0.2, -0.15) is 0 Å². The Balaban J connectivity index is 2.94. The van der Waals surface area contributed by atoms with Crippen LogP contribution in [0.1, 0.15) is 58.8 Å². The maximum atomic E-state index is 13.3. The van der Waals surface area contributed by atoms with Gasteiger partial charge in [0.15, 0.2) is 0 Å². The first-order valence-electron chi connectivity index (χ1n) is 11.3. The van der Waals surface area contributed by atoms with Crippen molar-refractivity contribution in [1.29, 1.82) is 0 Å². The molecule has 188 valence electrons. The Hall–Kier alpha value is -2.73. The fraction of sp³-hybridized carbons (Fsp3) is 0.762. The lowest BCUT2D eigenvalue weighted by molar-refractivity contribution is -0.145. The van der Waals surface area contributed by atoms with Crippen molar-refractivity contribution in [2.24, 2.45) is 17.4 Å². The van der Waals surface area contributed by atoms with Crippen molar-refractivity contribution in [1.82, 2.24) is 15.5 Å². The maximum absolute atomic E-state index is 13.3. The summed E-state index contributed by atoms with van der Waals surface area (Å²) in [7, 11) is 0. The SMILES string of the molecule is CC(C)C(N)C(=O)NC(CCCCN)C(=O)N1CCCC1C(=O)NC(CCC(=O)O)C(=O)O. The number of nitrogens with two attached hydrogens (primary N) is 2. The van der Waals surface area contributed by atoms with Crippen LogP contribution in [0, 0.1) is 5.92 Å². The lowest BCUT2D eigenvalue weighted by Gasteiger charge is -2.30. The molecule has 0 bridgehead atoms. The molecule has 1 heterocycles. The van der Waals surface area contributed by atoms with Gasteiger partial charge < -0.3 is 37.2 Å². The molecular formula is C21H37N5O7. The van der Waals surface area contributed by atoms with Crippen molar-refractivity contribution in [3.05, 3.63) is 0 Å². The second kappa shape index (κ2) is 13.7. The summed E-state index contributed by atoms with van der Waals surface area (Å²) in [5, 5.41) is 23.1. The third kappa shape index (κ3) is 8.97. The molecule has 4 atom stereocenters. The van der Waals surface area contributed by atoms with Gasteiger partial charge in [-0.25, -0.2) is 4.79 Å². The Morgan fingerprint density at radius 2 is 1.70 bits per heavy atom. The van der Waals surface area contributed by atoms with Crippen LogP contribution in [0.5, 0.6) is 0 Å². The summed E-state index contributed by atoms with van der Waals surface area (Å²) in [6, 6.07) is -3.96. The minimum atomic E-state index is -1.38. The molecule has 1 aliphatic rings. The fourth-order valence-corrected chi connectivity index (χ4v) is 3.62. The number of aliphatic carboxylic acids is 2. The molecule has 0 spiro atoms. The van der Waals surface area contributed by atoms with E-state index >= 15 is 0 Å². The second-order valence-electron chi connectivity index (χ2n) is 8.64. The van der Waals surface area contributed by atoms with Crippen molar-refractivity contribution >= 4 is 29.7 Å². The predicted octanol–water partition coefficient (Wildman–Crippen LogP) is -0.991. The van der Waals surface area contributed by atoms with Crippen LogP contribution in [0.25, 0.3) is 0 Å². The van der Waals surface area contributed by atoms with Gasteiger partial charge in [0.05, 0.1) is 6.04 Å². The topological polar surface area (TPSA) is 205 Å². The minimum absolute atomic E-state index is 0.131. The second-order valence-corrected chi connectivity index (χ2v) is 8.64. The lowest BCUT2D eigenvalue weighted by atomic mass is 10.0. The molecule has 12 nitrogen and oxygen atoms in total. The van der Waals surface area contributed by atoms with Crippen LogP contribution < -0.4 is 22.1 Å². The number of rotatable bonds is 14. The molecule has 1 aliphatic heterocycles. The molecule has 1 fully saturated rings. The Bertz CT molecular complexity index is 715. The monoisotopic (exact) mass is 471 g/mol. The summed E-state index contributed by atoms with van der Waals surface area (Å²) in [6.45, 7) is 4.30. The van der Waals surface area contributed by atoms with E-state index in [-0.39, 0.29) is 18.9 Å². The van der Waals surface area contributed by atoms with Crippen LogP contribution in [0.4, 0.5) is 0 Å². The fourth-order valence-electron chi connectivity index (χ4n) is 3.62. The molecule has 4 unspecified atom stereocenters. The molecule has 1 rings (SSSR count). The molecule has 0 radical (unpaired) electrons. The number of likely N-dealkylation sites (tertiary alicyclic amines) is 1. The van der Waals surface area contributed by atoms with Gasteiger partial charge in [0.1, 0.15) is 18.1 Å². The molecular weight excluding hydrogens is 434 g/mol. The average Bonchev–Trinajstić information content (AvgIpc) is 3.24. The Kier molecular flexibility index (Phi) is 11.8. The molecule has 0 aromatic heterocycles. The van der Waals surface area contributed by atoms with E-state index in [1.165, 1.54) is 4.90 Å². The van der Waals surface area contributed by atoms with Gasteiger partial charge in [-0.3, -0.25) is 19.2 Å². The Morgan fingerprint density at radius 3 is 2.24 bits per heavy atom. The van der Waals surface area contributed by atoms with Crippen LogP contribution in [0.2, 0.25) is 0 Å². The number of hydrogen-bond donors (Lipinski definition) is 6. The zero-order valence-electron chi connectivity index (χ0n) is 19.3. The molecule has 33 heavy (non-hydrogen) atoms. The molecule has 0 aromatic carbocycles. The van der Waals surface area contributed by atoms with E-state index in [1.807, 2.05) is 0 Å². The number of carbonyl (C=O) groups excluding carboxylic acids is 3. The van der Waals surface area contributed by atoms with E-state index in [4.69, 9.17) is 16.6 Å². The van der Waals surface area contributed by atoms with Gasteiger partial charge in [0.2, 0.25) is 17.7 Å². The predicted molar refractivity (Wildman–Crippen MR) is 119 cm³/mol. The summed E-state index contributed by atoms with van der Waals surface area (Å²) >= 11 is 0. The largest absolute Gasteiger partial charge is 0.481 e. The zero-order valence-corrected chi connectivity index (χ0v) is 19.3. The van der Waals surface area contributed by atoms with Crippen molar-refractivity contribution in [2.45, 2.75) is 83.0 Å². The number of amides is 3. The number of nitrogens with one attached hydrogen (secondary N) is 2. The van der Waals surface area contributed by atoms with E-state index in [9.17, 15) is 29.1 Å². The van der Waals surface area contributed by atoms with Gasteiger partial charge in [0, 0.05) is 13.0 Å². The maximum Gasteiger partial charge on any atom is 0.326 e. The van der Waals surface area contributed by atoms with Crippen molar-refractivity contribution < 1.29 is 34.2 Å². The Morgan fingerprint density at radius 1 is 1.03 bits per heavy atom.